The zero-order valence-electron chi connectivity index (χ0n) is 6.86. The van der Waals surface area contributed by atoms with Crippen LogP contribution in [0.3, 0.4) is 0 Å². The molecular formula is C9H8N2OS. The summed E-state index contributed by atoms with van der Waals surface area (Å²) in [5.41, 5.74) is 5.57. The van der Waals surface area contributed by atoms with Gasteiger partial charge in [0.1, 0.15) is 6.07 Å². The summed E-state index contributed by atoms with van der Waals surface area (Å²) in [5, 5.41) is 8.70. The van der Waals surface area contributed by atoms with Crippen molar-refractivity contribution in [2.24, 2.45) is 5.73 Å². The molecule has 1 amide bonds. The van der Waals surface area contributed by atoms with Gasteiger partial charge in [-0.1, -0.05) is 12.1 Å². The van der Waals surface area contributed by atoms with Crippen LogP contribution in [0.5, 0.6) is 0 Å². The van der Waals surface area contributed by atoms with Crippen LogP contribution in [0, 0.1) is 11.3 Å². The number of nitrogens with zero attached hydrogens (tertiary/aromatic N) is 1. The number of hydrogen-bond acceptors (Lipinski definition) is 3. The second-order valence-corrected chi connectivity index (χ2v) is 3.38. The van der Waals surface area contributed by atoms with Crippen molar-refractivity contribution in [3.8, 4) is 6.07 Å². The molecule has 1 aromatic rings. The highest BCUT2D eigenvalue weighted by molar-refractivity contribution is 8.00. The molecule has 66 valence electrons. The summed E-state index contributed by atoms with van der Waals surface area (Å²) in [6.07, 6.45) is 0. The van der Waals surface area contributed by atoms with Crippen LogP contribution in [0.4, 0.5) is 0 Å². The van der Waals surface area contributed by atoms with E-state index in [9.17, 15) is 4.79 Å². The van der Waals surface area contributed by atoms with Crippen molar-refractivity contribution < 1.29 is 4.79 Å². The molecule has 0 atom stereocenters. The average Bonchev–Trinajstić information content (AvgIpc) is 2.15. The summed E-state index contributed by atoms with van der Waals surface area (Å²) < 4.78 is 0. The Morgan fingerprint density at radius 1 is 1.54 bits per heavy atom. The summed E-state index contributed by atoms with van der Waals surface area (Å²) in [4.78, 5) is 11.3. The number of primary amides is 1. The fourth-order valence-corrected chi connectivity index (χ4v) is 1.58. The zero-order valence-corrected chi connectivity index (χ0v) is 7.67. The van der Waals surface area contributed by atoms with Crippen molar-refractivity contribution in [3.05, 3.63) is 29.8 Å². The van der Waals surface area contributed by atoms with Gasteiger partial charge in [-0.05, 0) is 12.1 Å². The molecule has 0 saturated carbocycles. The van der Waals surface area contributed by atoms with Crippen LogP contribution in [-0.2, 0) is 4.79 Å². The number of carbonyl (C=O) groups excluding carboxylic acids is 1. The van der Waals surface area contributed by atoms with Gasteiger partial charge >= 0.3 is 0 Å². The van der Waals surface area contributed by atoms with Crippen molar-refractivity contribution in [1.82, 2.24) is 0 Å². The van der Waals surface area contributed by atoms with Crippen LogP contribution in [0.15, 0.2) is 29.2 Å². The highest BCUT2D eigenvalue weighted by atomic mass is 32.2. The Hall–Kier alpha value is -1.47. The van der Waals surface area contributed by atoms with E-state index in [4.69, 9.17) is 11.0 Å². The second kappa shape index (κ2) is 4.53. The molecule has 13 heavy (non-hydrogen) atoms. The number of amides is 1. The molecule has 4 heteroatoms. The molecule has 0 radical (unpaired) electrons. The van der Waals surface area contributed by atoms with Gasteiger partial charge in [0.15, 0.2) is 0 Å². The molecule has 0 spiro atoms. The second-order valence-electron chi connectivity index (χ2n) is 2.36. The SMILES string of the molecule is N#Cc1ccccc1SCC(N)=O. The first kappa shape index (κ1) is 9.62. The maximum Gasteiger partial charge on any atom is 0.227 e. The van der Waals surface area contributed by atoms with Gasteiger partial charge in [-0.15, -0.1) is 11.8 Å². The third-order valence-corrected chi connectivity index (χ3v) is 2.47. The lowest BCUT2D eigenvalue weighted by Gasteiger charge is -1.99. The standard InChI is InChI=1S/C9H8N2OS/c10-5-7-3-1-2-4-8(7)13-6-9(11)12/h1-4H,6H2,(H2,11,12). The predicted molar refractivity (Wildman–Crippen MR) is 51.1 cm³/mol. The molecule has 0 aliphatic heterocycles. The van der Waals surface area contributed by atoms with E-state index in [2.05, 4.69) is 0 Å². The molecule has 0 bridgehead atoms. The molecule has 0 aromatic heterocycles. The van der Waals surface area contributed by atoms with E-state index in [1.54, 1.807) is 18.2 Å². The molecule has 0 saturated heterocycles. The Morgan fingerprint density at radius 2 is 2.23 bits per heavy atom. The monoisotopic (exact) mass is 192 g/mol. The molecule has 3 nitrogen and oxygen atoms in total. The number of carbonyl (C=O) groups is 1. The van der Waals surface area contributed by atoms with E-state index in [1.807, 2.05) is 12.1 Å². The van der Waals surface area contributed by atoms with Gasteiger partial charge in [0.05, 0.1) is 11.3 Å². The van der Waals surface area contributed by atoms with Gasteiger partial charge in [0.25, 0.3) is 0 Å². The normalized spacial score (nSPS) is 9.15. The van der Waals surface area contributed by atoms with Gasteiger partial charge in [0, 0.05) is 4.90 Å². The summed E-state index contributed by atoms with van der Waals surface area (Å²) in [7, 11) is 0. The van der Waals surface area contributed by atoms with E-state index >= 15 is 0 Å². The molecule has 1 rings (SSSR count). The Labute approximate surface area is 80.5 Å². The fourth-order valence-electron chi connectivity index (χ4n) is 0.834. The first-order chi connectivity index (χ1) is 6.24. The summed E-state index contributed by atoms with van der Waals surface area (Å²) in [6, 6.07) is 9.16. The lowest BCUT2D eigenvalue weighted by molar-refractivity contribution is -0.115. The minimum absolute atomic E-state index is 0.207. The van der Waals surface area contributed by atoms with Gasteiger partial charge in [-0.25, -0.2) is 0 Å². The summed E-state index contributed by atoms with van der Waals surface area (Å²) in [6.45, 7) is 0. The predicted octanol–water partition coefficient (Wildman–Crippen LogP) is 1.14. The number of benzene rings is 1. The number of hydrogen-bond donors (Lipinski definition) is 1. The minimum atomic E-state index is -0.377. The maximum atomic E-state index is 10.5. The molecule has 0 aliphatic rings. The first-order valence-electron chi connectivity index (χ1n) is 3.64. The molecular weight excluding hydrogens is 184 g/mol. The van der Waals surface area contributed by atoms with Gasteiger partial charge in [-0.2, -0.15) is 5.26 Å². The van der Waals surface area contributed by atoms with Crippen LogP contribution in [0.2, 0.25) is 0 Å². The van der Waals surface area contributed by atoms with Crippen molar-refractivity contribution in [3.63, 3.8) is 0 Å². The van der Waals surface area contributed by atoms with E-state index in [0.29, 0.717) is 5.56 Å². The quantitative estimate of drug-likeness (QED) is 0.730. The van der Waals surface area contributed by atoms with E-state index < -0.39 is 0 Å². The topological polar surface area (TPSA) is 66.9 Å². The minimum Gasteiger partial charge on any atom is -0.369 e. The van der Waals surface area contributed by atoms with Crippen molar-refractivity contribution in [1.29, 1.82) is 5.26 Å². The van der Waals surface area contributed by atoms with E-state index in [0.717, 1.165) is 4.90 Å². The summed E-state index contributed by atoms with van der Waals surface area (Å²) >= 11 is 1.28. The van der Waals surface area contributed by atoms with Gasteiger partial charge < -0.3 is 5.73 Å². The smallest absolute Gasteiger partial charge is 0.227 e. The molecule has 0 aliphatic carbocycles. The maximum absolute atomic E-state index is 10.5. The molecule has 0 fully saturated rings. The zero-order chi connectivity index (χ0) is 9.68. The third kappa shape index (κ3) is 2.80. The Balaban J connectivity index is 2.77. The van der Waals surface area contributed by atoms with E-state index in [1.165, 1.54) is 11.8 Å². The van der Waals surface area contributed by atoms with Crippen LogP contribution < -0.4 is 5.73 Å². The number of nitriles is 1. The van der Waals surface area contributed by atoms with Crippen molar-refractivity contribution in [2.45, 2.75) is 4.90 Å². The van der Waals surface area contributed by atoms with Crippen LogP contribution >= 0.6 is 11.8 Å². The largest absolute Gasteiger partial charge is 0.369 e. The number of thioether (sulfide) groups is 1. The number of rotatable bonds is 3. The number of nitrogens with two attached hydrogens (primary N) is 1. The Bertz CT molecular complexity index is 357. The van der Waals surface area contributed by atoms with Crippen molar-refractivity contribution >= 4 is 17.7 Å². The highest BCUT2D eigenvalue weighted by Crippen LogP contribution is 2.21. The average molecular weight is 192 g/mol. The molecule has 1 aromatic carbocycles. The lowest BCUT2D eigenvalue weighted by atomic mass is 10.2. The summed E-state index contributed by atoms with van der Waals surface area (Å²) in [5.74, 6) is -0.170. The van der Waals surface area contributed by atoms with E-state index in [-0.39, 0.29) is 11.7 Å². The first-order valence-corrected chi connectivity index (χ1v) is 4.63. The highest BCUT2D eigenvalue weighted by Gasteiger charge is 2.02. The molecule has 2 N–H and O–H groups in total. The van der Waals surface area contributed by atoms with Crippen LogP contribution in [-0.4, -0.2) is 11.7 Å². The molecule has 0 heterocycles. The lowest BCUT2D eigenvalue weighted by Crippen LogP contribution is -2.13. The Kier molecular flexibility index (Phi) is 3.35. The van der Waals surface area contributed by atoms with Crippen molar-refractivity contribution in [2.75, 3.05) is 5.75 Å². The fraction of sp³-hybridized carbons (Fsp3) is 0.111. The van der Waals surface area contributed by atoms with Crippen LogP contribution in [0.1, 0.15) is 5.56 Å². The van der Waals surface area contributed by atoms with Crippen LogP contribution in [0.25, 0.3) is 0 Å². The van der Waals surface area contributed by atoms with Gasteiger partial charge in [0.2, 0.25) is 5.91 Å². The molecule has 0 unspecified atom stereocenters. The van der Waals surface area contributed by atoms with Gasteiger partial charge in [-0.3, -0.25) is 4.79 Å². The Morgan fingerprint density at radius 3 is 2.85 bits per heavy atom. The third-order valence-electron chi connectivity index (χ3n) is 1.38.